The summed E-state index contributed by atoms with van der Waals surface area (Å²) in [4.78, 5) is 13.8. The Morgan fingerprint density at radius 2 is 2.06 bits per heavy atom. The van der Waals surface area contributed by atoms with Gasteiger partial charge in [-0.1, -0.05) is 37.3 Å². The van der Waals surface area contributed by atoms with Gasteiger partial charge in [0, 0.05) is 32.0 Å². The maximum atomic E-state index is 11.4. The van der Waals surface area contributed by atoms with E-state index in [1.54, 1.807) is 0 Å². The molecule has 16 heavy (non-hydrogen) atoms. The lowest BCUT2D eigenvalue weighted by atomic mass is 9.98. The third kappa shape index (κ3) is 2.70. The number of nitrogens with zero attached hydrogens (tertiary/aromatic N) is 1. The average molecular weight is 217 g/mol. The second-order valence-corrected chi connectivity index (χ2v) is 4.51. The molecule has 0 saturated carbocycles. The summed E-state index contributed by atoms with van der Waals surface area (Å²) in [6.45, 7) is 4.07. The summed E-state index contributed by atoms with van der Waals surface area (Å²) in [6, 6.07) is 10.9. The number of Topliss-reactive ketones (excluding diaryl/α,β-unsaturated/α-hetero) is 1. The van der Waals surface area contributed by atoms with Gasteiger partial charge in [0.05, 0.1) is 0 Å². The Morgan fingerprint density at radius 3 is 2.75 bits per heavy atom. The summed E-state index contributed by atoms with van der Waals surface area (Å²) >= 11 is 0. The number of rotatable bonds is 3. The molecule has 0 aliphatic carbocycles. The van der Waals surface area contributed by atoms with E-state index in [0.717, 1.165) is 32.4 Å². The van der Waals surface area contributed by atoms with E-state index < -0.39 is 0 Å². The first-order valence-corrected chi connectivity index (χ1v) is 6.09. The fourth-order valence-electron chi connectivity index (χ4n) is 2.37. The molecule has 1 aromatic carbocycles. The van der Waals surface area contributed by atoms with E-state index >= 15 is 0 Å². The first-order valence-electron chi connectivity index (χ1n) is 6.09. The van der Waals surface area contributed by atoms with E-state index in [9.17, 15) is 4.79 Å². The highest BCUT2D eigenvalue weighted by atomic mass is 16.1. The number of carbonyl (C=O) groups is 1. The molecule has 1 heterocycles. The Morgan fingerprint density at radius 1 is 1.31 bits per heavy atom. The highest BCUT2D eigenvalue weighted by Gasteiger charge is 2.25. The van der Waals surface area contributed by atoms with Gasteiger partial charge in [-0.15, -0.1) is 0 Å². The van der Waals surface area contributed by atoms with Crippen LogP contribution in [0.3, 0.4) is 0 Å². The van der Waals surface area contributed by atoms with Crippen molar-refractivity contribution < 1.29 is 4.79 Å². The Hall–Kier alpha value is -1.15. The van der Waals surface area contributed by atoms with Crippen LogP contribution in [0.25, 0.3) is 0 Å². The van der Waals surface area contributed by atoms with E-state index in [-0.39, 0.29) is 0 Å². The van der Waals surface area contributed by atoms with Crippen molar-refractivity contribution in [3.8, 4) is 0 Å². The van der Waals surface area contributed by atoms with Crippen LogP contribution in [0.15, 0.2) is 30.3 Å². The van der Waals surface area contributed by atoms with E-state index in [1.165, 1.54) is 5.56 Å². The minimum atomic E-state index is 0.427. The SMILES string of the molecule is CCC1CC(=O)CCN1Cc1ccccc1. The maximum Gasteiger partial charge on any atom is 0.135 e. The molecule has 1 aliphatic rings. The van der Waals surface area contributed by atoms with E-state index in [4.69, 9.17) is 0 Å². The Kier molecular flexibility index (Phi) is 3.73. The molecule has 1 aliphatic heterocycles. The van der Waals surface area contributed by atoms with Crippen LogP contribution < -0.4 is 0 Å². The molecule has 0 spiro atoms. The van der Waals surface area contributed by atoms with Gasteiger partial charge in [-0.3, -0.25) is 9.69 Å². The first kappa shape index (κ1) is 11.3. The molecule has 2 heteroatoms. The first-order chi connectivity index (χ1) is 7.79. The summed E-state index contributed by atoms with van der Waals surface area (Å²) in [5.74, 6) is 0.427. The zero-order chi connectivity index (χ0) is 11.4. The van der Waals surface area contributed by atoms with Crippen molar-refractivity contribution in [1.29, 1.82) is 0 Å². The fourth-order valence-corrected chi connectivity index (χ4v) is 2.37. The molecular formula is C14H19NO. The Balaban J connectivity index is 2.01. The van der Waals surface area contributed by atoms with Crippen LogP contribution in [0.4, 0.5) is 0 Å². The van der Waals surface area contributed by atoms with Gasteiger partial charge in [-0.25, -0.2) is 0 Å². The summed E-state index contributed by atoms with van der Waals surface area (Å²) in [5.41, 5.74) is 1.34. The van der Waals surface area contributed by atoms with Gasteiger partial charge in [0.15, 0.2) is 0 Å². The van der Waals surface area contributed by atoms with Crippen molar-refractivity contribution in [2.45, 2.75) is 38.8 Å². The summed E-state index contributed by atoms with van der Waals surface area (Å²) in [5, 5.41) is 0. The molecule has 0 aromatic heterocycles. The number of benzene rings is 1. The van der Waals surface area contributed by atoms with Gasteiger partial charge in [0.25, 0.3) is 0 Å². The molecule has 86 valence electrons. The van der Waals surface area contributed by atoms with Crippen LogP contribution in [-0.2, 0) is 11.3 Å². The predicted octanol–water partition coefficient (Wildman–Crippen LogP) is 2.63. The standard InChI is InChI=1S/C14H19NO/c1-2-13-10-14(16)8-9-15(13)11-12-6-4-3-5-7-12/h3-7,13H,2,8-11H2,1H3. The number of likely N-dealkylation sites (tertiary alicyclic amines) is 1. The normalized spacial score (nSPS) is 22.3. The lowest BCUT2D eigenvalue weighted by Gasteiger charge is -2.34. The van der Waals surface area contributed by atoms with Crippen molar-refractivity contribution in [3.63, 3.8) is 0 Å². The largest absolute Gasteiger partial charge is 0.300 e. The predicted molar refractivity (Wildman–Crippen MR) is 65.2 cm³/mol. The summed E-state index contributed by atoms with van der Waals surface area (Å²) in [7, 11) is 0. The van der Waals surface area contributed by atoms with Gasteiger partial charge in [-0.05, 0) is 12.0 Å². The van der Waals surface area contributed by atoms with Crippen LogP contribution >= 0.6 is 0 Å². The Labute approximate surface area is 97.3 Å². The Bertz CT molecular complexity index is 347. The molecule has 0 bridgehead atoms. The molecule has 1 aromatic rings. The van der Waals surface area contributed by atoms with Crippen LogP contribution in [-0.4, -0.2) is 23.3 Å². The highest BCUT2D eigenvalue weighted by Crippen LogP contribution is 2.19. The molecule has 1 saturated heterocycles. The molecule has 0 amide bonds. The van der Waals surface area contributed by atoms with Crippen molar-refractivity contribution in [1.82, 2.24) is 4.90 Å². The van der Waals surface area contributed by atoms with E-state index in [0.29, 0.717) is 11.8 Å². The molecule has 0 radical (unpaired) electrons. The number of hydrogen-bond donors (Lipinski definition) is 0. The quantitative estimate of drug-likeness (QED) is 0.775. The van der Waals surface area contributed by atoms with Crippen LogP contribution in [0.5, 0.6) is 0 Å². The molecule has 1 unspecified atom stereocenters. The summed E-state index contributed by atoms with van der Waals surface area (Å²) < 4.78 is 0. The average Bonchev–Trinajstić information content (AvgIpc) is 2.33. The topological polar surface area (TPSA) is 20.3 Å². The monoisotopic (exact) mass is 217 g/mol. The molecular weight excluding hydrogens is 198 g/mol. The van der Waals surface area contributed by atoms with Crippen LogP contribution in [0.1, 0.15) is 31.7 Å². The smallest absolute Gasteiger partial charge is 0.135 e. The lowest BCUT2D eigenvalue weighted by Crippen LogP contribution is -2.41. The van der Waals surface area contributed by atoms with Gasteiger partial charge < -0.3 is 0 Å². The zero-order valence-corrected chi connectivity index (χ0v) is 9.86. The van der Waals surface area contributed by atoms with E-state index in [2.05, 4.69) is 36.1 Å². The van der Waals surface area contributed by atoms with Gasteiger partial charge in [0.2, 0.25) is 0 Å². The van der Waals surface area contributed by atoms with Gasteiger partial charge in [-0.2, -0.15) is 0 Å². The van der Waals surface area contributed by atoms with E-state index in [1.807, 2.05) is 6.07 Å². The second kappa shape index (κ2) is 5.26. The van der Waals surface area contributed by atoms with Crippen LogP contribution in [0, 0.1) is 0 Å². The van der Waals surface area contributed by atoms with Crippen LogP contribution in [0.2, 0.25) is 0 Å². The van der Waals surface area contributed by atoms with Crippen molar-refractivity contribution >= 4 is 5.78 Å². The third-order valence-electron chi connectivity index (χ3n) is 3.36. The minimum absolute atomic E-state index is 0.427. The fraction of sp³-hybridized carbons (Fsp3) is 0.500. The lowest BCUT2D eigenvalue weighted by molar-refractivity contribution is -0.123. The molecule has 1 fully saturated rings. The minimum Gasteiger partial charge on any atom is -0.300 e. The number of carbonyl (C=O) groups excluding carboxylic acids is 1. The second-order valence-electron chi connectivity index (χ2n) is 4.51. The molecule has 2 nitrogen and oxygen atoms in total. The maximum absolute atomic E-state index is 11.4. The highest BCUT2D eigenvalue weighted by molar-refractivity contribution is 5.79. The molecule has 0 N–H and O–H groups in total. The molecule has 1 atom stereocenters. The number of piperidine rings is 1. The number of ketones is 1. The van der Waals surface area contributed by atoms with Crippen molar-refractivity contribution in [2.24, 2.45) is 0 Å². The zero-order valence-electron chi connectivity index (χ0n) is 9.86. The molecule has 2 rings (SSSR count). The summed E-state index contributed by atoms with van der Waals surface area (Å²) in [6.07, 6.45) is 2.53. The van der Waals surface area contributed by atoms with Gasteiger partial charge >= 0.3 is 0 Å². The van der Waals surface area contributed by atoms with Crippen molar-refractivity contribution in [2.75, 3.05) is 6.54 Å². The van der Waals surface area contributed by atoms with Gasteiger partial charge in [0.1, 0.15) is 5.78 Å². The van der Waals surface area contributed by atoms with Crippen molar-refractivity contribution in [3.05, 3.63) is 35.9 Å². The number of hydrogen-bond acceptors (Lipinski definition) is 2. The third-order valence-corrected chi connectivity index (χ3v) is 3.36.